The summed E-state index contributed by atoms with van der Waals surface area (Å²) in [6.07, 6.45) is 2.70. The van der Waals surface area contributed by atoms with E-state index in [9.17, 15) is 0 Å². The first-order chi connectivity index (χ1) is 9.08. The zero-order valence-corrected chi connectivity index (χ0v) is 13.3. The Morgan fingerprint density at radius 2 is 2.32 bits per heavy atom. The topological polar surface area (TPSA) is 38.5 Å². The third kappa shape index (κ3) is 4.02. The number of benzene rings is 1. The Balaban J connectivity index is 2.10. The van der Waals surface area contributed by atoms with Crippen LogP contribution >= 0.6 is 15.9 Å². The van der Waals surface area contributed by atoms with Gasteiger partial charge < -0.3 is 10.5 Å². The van der Waals surface area contributed by atoms with Crippen molar-refractivity contribution in [3.8, 4) is 0 Å². The van der Waals surface area contributed by atoms with Crippen LogP contribution in [0.4, 0.5) is 0 Å². The second kappa shape index (κ2) is 6.84. The third-order valence-electron chi connectivity index (χ3n) is 3.68. The number of hydrogen-bond donors (Lipinski definition) is 1. The molecule has 0 bridgehead atoms. The Morgan fingerprint density at radius 3 is 2.89 bits per heavy atom. The molecule has 1 aromatic rings. The molecule has 0 aliphatic carbocycles. The van der Waals surface area contributed by atoms with Gasteiger partial charge in [-0.3, -0.25) is 4.90 Å². The van der Waals surface area contributed by atoms with Crippen molar-refractivity contribution in [2.45, 2.75) is 38.0 Å². The van der Waals surface area contributed by atoms with E-state index in [2.05, 4.69) is 53.0 Å². The van der Waals surface area contributed by atoms with E-state index in [1.54, 1.807) is 0 Å². The molecule has 2 rings (SSSR count). The first-order valence-electron chi connectivity index (χ1n) is 6.91. The lowest BCUT2D eigenvalue weighted by atomic mass is 9.99. The van der Waals surface area contributed by atoms with Gasteiger partial charge >= 0.3 is 0 Å². The summed E-state index contributed by atoms with van der Waals surface area (Å²) in [5.41, 5.74) is 7.45. The van der Waals surface area contributed by atoms with Gasteiger partial charge in [-0.25, -0.2) is 0 Å². The summed E-state index contributed by atoms with van der Waals surface area (Å²) in [4.78, 5) is 2.32. The number of halogens is 1. The van der Waals surface area contributed by atoms with Crippen molar-refractivity contribution in [3.05, 3.63) is 34.3 Å². The predicted molar refractivity (Wildman–Crippen MR) is 82.1 cm³/mol. The van der Waals surface area contributed by atoms with Gasteiger partial charge in [0.25, 0.3) is 0 Å². The van der Waals surface area contributed by atoms with Crippen molar-refractivity contribution in [1.82, 2.24) is 4.90 Å². The summed E-state index contributed by atoms with van der Waals surface area (Å²) in [5, 5.41) is 0. The SMILES string of the molecule is CC(N)C(c1cccc(Br)c1)N(C)CC1CCCO1. The molecule has 19 heavy (non-hydrogen) atoms. The van der Waals surface area contributed by atoms with Crippen LogP contribution in [0, 0.1) is 0 Å². The fourth-order valence-electron chi connectivity index (χ4n) is 2.87. The minimum atomic E-state index is 0.0840. The van der Waals surface area contributed by atoms with E-state index >= 15 is 0 Å². The van der Waals surface area contributed by atoms with Crippen molar-refractivity contribution in [2.24, 2.45) is 5.73 Å². The van der Waals surface area contributed by atoms with Crippen molar-refractivity contribution in [2.75, 3.05) is 20.2 Å². The number of ether oxygens (including phenoxy) is 1. The second-order valence-electron chi connectivity index (χ2n) is 5.43. The van der Waals surface area contributed by atoms with E-state index < -0.39 is 0 Å². The molecule has 3 atom stereocenters. The smallest absolute Gasteiger partial charge is 0.0702 e. The van der Waals surface area contributed by atoms with E-state index in [1.807, 2.05) is 6.07 Å². The molecule has 4 heteroatoms. The maximum atomic E-state index is 6.20. The van der Waals surface area contributed by atoms with Crippen LogP contribution in [0.1, 0.15) is 31.4 Å². The molecule has 0 aromatic heterocycles. The highest BCUT2D eigenvalue weighted by Crippen LogP contribution is 2.26. The molecule has 1 aromatic carbocycles. The Kier molecular flexibility index (Phi) is 5.39. The summed E-state index contributed by atoms with van der Waals surface area (Å²) in [7, 11) is 2.14. The summed E-state index contributed by atoms with van der Waals surface area (Å²) in [6, 6.07) is 8.71. The average molecular weight is 327 g/mol. The van der Waals surface area contributed by atoms with Crippen molar-refractivity contribution >= 4 is 15.9 Å². The van der Waals surface area contributed by atoms with Crippen LogP contribution in [0.25, 0.3) is 0 Å². The number of hydrogen-bond acceptors (Lipinski definition) is 3. The quantitative estimate of drug-likeness (QED) is 0.904. The van der Waals surface area contributed by atoms with Gasteiger partial charge in [0, 0.05) is 29.7 Å². The fourth-order valence-corrected chi connectivity index (χ4v) is 3.29. The largest absolute Gasteiger partial charge is 0.377 e. The van der Waals surface area contributed by atoms with Gasteiger partial charge in [0.05, 0.1) is 6.10 Å². The first-order valence-corrected chi connectivity index (χ1v) is 7.70. The van der Waals surface area contributed by atoms with E-state index in [1.165, 1.54) is 12.0 Å². The predicted octanol–water partition coefficient (Wildman–Crippen LogP) is 2.95. The van der Waals surface area contributed by atoms with Crippen LogP contribution in [0.3, 0.4) is 0 Å². The zero-order valence-electron chi connectivity index (χ0n) is 11.7. The summed E-state index contributed by atoms with van der Waals surface area (Å²) >= 11 is 3.53. The molecule has 1 aliphatic heterocycles. The van der Waals surface area contributed by atoms with Crippen LogP contribution in [-0.2, 0) is 4.74 Å². The number of likely N-dealkylation sites (N-methyl/N-ethyl adjacent to an activating group) is 1. The van der Waals surface area contributed by atoms with Gasteiger partial charge in [-0.15, -0.1) is 0 Å². The normalized spacial score (nSPS) is 22.7. The molecule has 1 aliphatic rings. The minimum absolute atomic E-state index is 0.0840. The maximum Gasteiger partial charge on any atom is 0.0702 e. The lowest BCUT2D eigenvalue weighted by molar-refractivity contribution is 0.0642. The molecule has 2 N–H and O–H groups in total. The number of rotatable bonds is 5. The highest BCUT2D eigenvalue weighted by Gasteiger charge is 2.25. The summed E-state index contributed by atoms with van der Waals surface area (Å²) < 4.78 is 6.82. The van der Waals surface area contributed by atoms with Crippen LogP contribution in [0.15, 0.2) is 28.7 Å². The third-order valence-corrected chi connectivity index (χ3v) is 4.17. The van der Waals surface area contributed by atoms with E-state index in [-0.39, 0.29) is 12.1 Å². The molecule has 0 radical (unpaired) electrons. The van der Waals surface area contributed by atoms with Gasteiger partial charge in [-0.2, -0.15) is 0 Å². The lowest BCUT2D eigenvalue weighted by Gasteiger charge is -2.33. The lowest BCUT2D eigenvalue weighted by Crippen LogP contribution is -2.40. The molecule has 1 heterocycles. The molecule has 0 spiro atoms. The highest BCUT2D eigenvalue weighted by atomic mass is 79.9. The Hall–Kier alpha value is -0.420. The van der Waals surface area contributed by atoms with Crippen molar-refractivity contribution < 1.29 is 4.74 Å². The molecule has 0 amide bonds. The maximum absolute atomic E-state index is 6.20. The van der Waals surface area contributed by atoms with E-state index in [4.69, 9.17) is 10.5 Å². The van der Waals surface area contributed by atoms with Gasteiger partial charge in [-0.1, -0.05) is 28.1 Å². The van der Waals surface area contributed by atoms with Gasteiger partial charge in [0.2, 0.25) is 0 Å². The Morgan fingerprint density at radius 1 is 1.53 bits per heavy atom. The highest BCUT2D eigenvalue weighted by molar-refractivity contribution is 9.10. The summed E-state index contributed by atoms with van der Waals surface area (Å²) in [5.74, 6) is 0. The van der Waals surface area contributed by atoms with Crippen LogP contribution in [0.5, 0.6) is 0 Å². The molecular weight excluding hydrogens is 304 g/mol. The van der Waals surface area contributed by atoms with E-state index in [0.717, 1.165) is 24.0 Å². The first kappa shape index (κ1) is 15.0. The average Bonchev–Trinajstić information content (AvgIpc) is 2.81. The molecule has 1 saturated heterocycles. The Labute approximate surface area is 124 Å². The van der Waals surface area contributed by atoms with Gasteiger partial charge in [0.15, 0.2) is 0 Å². The molecule has 3 nitrogen and oxygen atoms in total. The summed E-state index contributed by atoms with van der Waals surface area (Å²) in [6.45, 7) is 3.91. The van der Waals surface area contributed by atoms with Crippen LogP contribution in [0.2, 0.25) is 0 Å². The van der Waals surface area contributed by atoms with Crippen LogP contribution in [-0.4, -0.2) is 37.2 Å². The zero-order chi connectivity index (χ0) is 13.8. The van der Waals surface area contributed by atoms with E-state index in [0.29, 0.717) is 6.10 Å². The molecule has 3 unspecified atom stereocenters. The van der Waals surface area contributed by atoms with Crippen molar-refractivity contribution in [1.29, 1.82) is 0 Å². The fraction of sp³-hybridized carbons (Fsp3) is 0.600. The monoisotopic (exact) mass is 326 g/mol. The second-order valence-corrected chi connectivity index (χ2v) is 6.35. The standard InChI is InChI=1S/C15H23BrN2O/c1-11(17)15(12-5-3-6-13(16)9-12)18(2)10-14-7-4-8-19-14/h3,5-6,9,11,14-15H,4,7-8,10,17H2,1-2H3. The van der Waals surface area contributed by atoms with Crippen molar-refractivity contribution in [3.63, 3.8) is 0 Å². The molecule has 0 saturated carbocycles. The van der Waals surface area contributed by atoms with Gasteiger partial charge in [-0.05, 0) is 44.5 Å². The minimum Gasteiger partial charge on any atom is -0.377 e. The number of nitrogens with zero attached hydrogens (tertiary/aromatic N) is 1. The van der Waals surface area contributed by atoms with Gasteiger partial charge in [0.1, 0.15) is 0 Å². The van der Waals surface area contributed by atoms with Crippen LogP contribution < -0.4 is 5.73 Å². The Bertz CT molecular complexity index is 405. The molecular formula is C15H23BrN2O. The molecule has 106 valence electrons. The molecule has 1 fully saturated rings. The number of nitrogens with two attached hydrogens (primary N) is 1.